The predicted octanol–water partition coefficient (Wildman–Crippen LogP) is 2.71. The van der Waals surface area contributed by atoms with Crippen molar-refractivity contribution in [2.24, 2.45) is 17.8 Å². The molecule has 2 fully saturated rings. The molecular formula is C20H23FN4O3. The Morgan fingerprint density at radius 1 is 1.25 bits per heavy atom. The molecule has 1 N–H and O–H groups in total. The van der Waals surface area contributed by atoms with Gasteiger partial charge in [0.05, 0.1) is 11.6 Å². The standard InChI is InChI=1S/C20H23FN4O3/c1-11(2)18-22-17(23-25(18)14-5-3-4-13(21)8-14)19(26)24-9-15(12-6-7-12)16(10-24)20(27)28/h3-5,8,11-12,15-16H,6-7,9-10H2,1-2H3,(H,27,28)/t15-,16+/m1/s1. The lowest BCUT2D eigenvalue weighted by atomic mass is 9.92. The number of halogens is 1. The average molecular weight is 386 g/mol. The maximum Gasteiger partial charge on any atom is 0.308 e. The van der Waals surface area contributed by atoms with Crippen LogP contribution in [0.25, 0.3) is 5.69 Å². The molecule has 1 aliphatic heterocycles. The first-order valence-electron chi connectivity index (χ1n) is 9.60. The number of rotatable bonds is 5. The third kappa shape index (κ3) is 3.39. The molecule has 2 heterocycles. The Kier molecular flexibility index (Phi) is 4.64. The van der Waals surface area contributed by atoms with E-state index in [1.807, 2.05) is 13.8 Å². The van der Waals surface area contributed by atoms with Crippen molar-refractivity contribution >= 4 is 11.9 Å². The Balaban J connectivity index is 1.63. The molecule has 2 aromatic rings. The third-order valence-electron chi connectivity index (χ3n) is 5.59. The lowest BCUT2D eigenvalue weighted by molar-refractivity contribution is -0.142. The first kappa shape index (κ1) is 18.6. The highest BCUT2D eigenvalue weighted by molar-refractivity contribution is 5.91. The topological polar surface area (TPSA) is 88.3 Å². The molecule has 1 aliphatic carbocycles. The number of nitrogens with zero attached hydrogens (tertiary/aromatic N) is 4. The van der Waals surface area contributed by atoms with E-state index in [2.05, 4.69) is 10.1 Å². The van der Waals surface area contributed by atoms with Crippen LogP contribution < -0.4 is 0 Å². The first-order valence-corrected chi connectivity index (χ1v) is 9.60. The molecule has 4 rings (SSSR count). The molecule has 0 bridgehead atoms. The number of benzene rings is 1. The quantitative estimate of drug-likeness (QED) is 0.854. The highest BCUT2D eigenvalue weighted by Gasteiger charge is 2.47. The number of carbonyl (C=O) groups is 2. The van der Waals surface area contributed by atoms with E-state index in [1.54, 1.807) is 17.0 Å². The third-order valence-corrected chi connectivity index (χ3v) is 5.59. The van der Waals surface area contributed by atoms with Crippen LogP contribution in [0, 0.1) is 23.6 Å². The molecule has 8 heteroatoms. The first-order chi connectivity index (χ1) is 13.3. The van der Waals surface area contributed by atoms with Crippen molar-refractivity contribution < 1.29 is 19.1 Å². The number of likely N-dealkylation sites (tertiary alicyclic amines) is 1. The van der Waals surface area contributed by atoms with Gasteiger partial charge in [0.1, 0.15) is 11.6 Å². The van der Waals surface area contributed by atoms with E-state index < -0.39 is 17.7 Å². The molecule has 1 aromatic carbocycles. The Labute approximate surface area is 162 Å². The molecule has 0 spiro atoms. The zero-order chi connectivity index (χ0) is 20.0. The van der Waals surface area contributed by atoms with Crippen molar-refractivity contribution in [2.75, 3.05) is 13.1 Å². The molecule has 28 heavy (non-hydrogen) atoms. The van der Waals surface area contributed by atoms with E-state index in [1.165, 1.54) is 16.8 Å². The number of hydrogen-bond acceptors (Lipinski definition) is 4. The lowest BCUT2D eigenvalue weighted by Gasteiger charge is -2.13. The molecule has 1 aromatic heterocycles. The van der Waals surface area contributed by atoms with Crippen LogP contribution in [-0.4, -0.2) is 49.7 Å². The molecule has 1 amide bonds. The van der Waals surface area contributed by atoms with Gasteiger partial charge in [-0.1, -0.05) is 19.9 Å². The number of aromatic nitrogens is 3. The van der Waals surface area contributed by atoms with Crippen molar-refractivity contribution in [3.8, 4) is 5.69 Å². The number of carboxylic acids is 1. The Morgan fingerprint density at radius 2 is 2.00 bits per heavy atom. The lowest BCUT2D eigenvalue weighted by Crippen LogP contribution is -2.30. The summed E-state index contributed by atoms with van der Waals surface area (Å²) in [5.41, 5.74) is 0.496. The summed E-state index contributed by atoms with van der Waals surface area (Å²) >= 11 is 0. The molecule has 1 saturated heterocycles. The second kappa shape index (κ2) is 7.00. The van der Waals surface area contributed by atoms with E-state index in [9.17, 15) is 19.1 Å². The van der Waals surface area contributed by atoms with Gasteiger partial charge in [-0.3, -0.25) is 9.59 Å². The number of carboxylic acid groups (broad SMARTS) is 1. The molecule has 2 aliphatic rings. The Hall–Kier alpha value is -2.77. The average Bonchev–Trinajstić information content (AvgIpc) is 3.23. The van der Waals surface area contributed by atoms with E-state index in [-0.39, 0.29) is 30.1 Å². The SMILES string of the molecule is CC(C)c1nc(C(=O)N2C[C@H](C(=O)O)[C@@H](C3CC3)C2)nn1-c1cccc(F)c1. The molecule has 0 unspecified atom stereocenters. The molecule has 1 saturated carbocycles. The van der Waals surface area contributed by atoms with Crippen LogP contribution in [0.3, 0.4) is 0 Å². The fourth-order valence-electron chi connectivity index (χ4n) is 3.99. The van der Waals surface area contributed by atoms with E-state index in [4.69, 9.17) is 0 Å². The molecular weight excluding hydrogens is 363 g/mol. The van der Waals surface area contributed by atoms with Crippen LogP contribution >= 0.6 is 0 Å². The Morgan fingerprint density at radius 3 is 2.61 bits per heavy atom. The van der Waals surface area contributed by atoms with Gasteiger partial charge in [-0.25, -0.2) is 14.1 Å². The minimum atomic E-state index is -0.853. The van der Waals surface area contributed by atoms with Crippen LogP contribution in [-0.2, 0) is 4.79 Å². The predicted molar refractivity (Wildman–Crippen MR) is 98.6 cm³/mol. The number of aliphatic carboxylic acids is 1. The van der Waals surface area contributed by atoms with Crippen molar-refractivity contribution in [3.05, 3.63) is 41.7 Å². The van der Waals surface area contributed by atoms with Crippen molar-refractivity contribution in [1.82, 2.24) is 19.7 Å². The second-order valence-electron chi connectivity index (χ2n) is 8.00. The van der Waals surface area contributed by atoms with Gasteiger partial charge in [0, 0.05) is 19.0 Å². The summed E-state index contributed by atoms with van der Waals surface area (Å²) in [5.74, 6) is -1.21. The van der Waals surface area contributed by atoms with E-state index >= 15 is 0 Å². The maximum atomic E-state index is 13.6. The number of hydrogen-bond donors (Lipinski definition) is 1. The molecule has 0 radical (unpaired) electrons. The van der Waals surface area contributed by atoms with Crippen LogP contribution in [0.2, 0.25) is 0 Å². The monoisotopic (exact) mass is 386 g/mol. The van der Waals surface area contributed by atoms with Crippen LogP contribution in [0.5, 0.6) is 0 Å². The summed E-state index contributed by atoms with van der Waals surface area (Å²) < 4.78 is 15.1. The molecule has 148 valence electrons. The summed E-state index contributed by atoms with van der Waals surface area (Å²) in [6, 6.07) is 5.97. The minimum absolute atomic E-state index is 0.00340. The van der Waals surface area contributed by atoms with Gasteiger partial charge in [0.25, 0.3) is 5.91 Å². The van der Waals surface area contributed by atoms with Gasteiger partial charge in [-0.15, -0.1) is 5.10 Å². The van der Waals surface area contributed by atoms with Crippen molar-refractivity contribution in [2.45, 2.75) is 32.6 Å². The van der Waals surface area contributed by atoms with Crippen molar-refractivity contribution in [3.63, 3.8) is 0 Å². The fourth-order valence-corrected chi connectivity index (χ4v) is 3.99. The molecule has 2 atom stereocenters. The normalized spacial score (nSPS) is 22.1. The van der Waals surface area contributed by atoms with Crippen LogP contribution in [0.15, 0.2) is 24.3 Å². The van der Waals surface area contributed by atoms with Gasteiger partial charge < -0.3 is 10.0 Å². The summed E-state index contributed by atoms with van der Waals surface area (Å²) in [6.07, 6.45) is 2.06. The van der Waals surface area contributed by atoms with Gasteiger partial charge in [0.2, 0.25) is 5.82 Å². The highest BCUT2D eigenvalue weighted by Crippen LogP contribution is 2.44. The van der Waals surface area contributed by atoms with E-state index in [0.29, 0.717) is 24.0 Å². The summed E-state index contributed by atoms with van der Waals surface area (Å²) in [5, 5.41) is 13.9. The van der Waals surface area contributed by atoms with Crippen LogP contribution in [0.4, 0.5) is 4.39 Å². The van der Waals surface area contributed by atoms with Crippen molar-refractivity contribution in [1.29, 1.82) is 0 Å². The number of carbonyl (C=O) groups excluding carboxylic acids is 1. The van der Waals surface area contributed by atoms with Gasteiger partial charge in [-0.2, -0.15) is 0 Å². The minimum Gasteiger partial charge on any atom is -0.481 e. The smallest absolute Gasteiger partial charge is 0.308 e. The van der Waals surface area contributed by atoms with Gasteiger partial charge in [0.15, 0.2) is 0 Å². The largest absolute Gasteiger partial charge is 0.481 e. The fraction of sp³-hybridized carbons (Fsp3) is 0.500. The van der Waals surface area contributed by atoms with Crippen LogP contribution in [0.1, 0.15) is 49.1 Å². The highest BCUT2D eigenvalue weighted by atomic mass is 19.1. The van der Waals surface area contributed by atoms with Gasteiger partial charge in [-0.05, 0) is 42.9 Å². The summed E-state index contributed by atoms with van der Waals surface area (Å²) in [7, 11) is 0. The maximum absolute atomic E-state index is 13.6. The Bertz CT molecular complexity index is 922. The van der Waals surface area contributed by atoms with E-state index in [0.717, 1.165) is 12.8 Å². The zero-order valence-corrected chi connectivity index (χ0v) is 15.9. The summed E-state index contributed by atoms with van der Waals surface area (Å²) in [6.45, 7) is 4.45. The van der Waals surface area contributed by atoms with Gasteiger partial charge >= 0.3 is 5.97 Å². The molecule has 7 nitrogen and oxygen atoms in total. The second-order valence-corrected chi connectivity index (χ2v) is 8.00. The number of amides is 1. The zero-order valence-electron chi connectivity index (χ0n) is 15.9. The summed E-state index contributed by atoms with van der Waals surface area (Å²) in [4.78, 5) is 30.6.